The Morgan fingerprint density at radius 1 is 0.742 bits per heavy atom. The lowest BCUT2D eigenvalue weighted by Crippen LogP contribution is -2.15. The third-order valence-corrected chi connectivity index (χ3v) is 6.36. The summed E-state index contributed by atoms with van der Waals surface area (Å²) in [5.41, 5.74) is 3.03. The van der Waals surface area contributed by atoms with Crippen LogP contribution in [0.2, 0.25) is 0 Å². The molecule has 0 bridgehead atoms. The maximum absolute atomic E-state index is 13.7. The van der Waals surface area contributed by atoms with Crippen molar-refractivity contribution in [1.82, 2.24) is 4.90 Å². The minimum Gasteiger partial charge on any atom is -0.464 e. The molecule has 4 nitrogen and oxygen atoms in total. The zero-order chi connectivity index (χ0) is 21.2. The molecule has 0 amide bonds. The number of carbonyl (C=O) groups excluding carboxylic acids is 1. The lowest BCUT2D eigenvalue weighted by molar-refractivity contribution is 0.105. The average molecular weight is 426 g/mol. The van der Waals surface area contributed by atoms with E-state index in [4.69, 9.17) is 8.83 Å². The molecule has 2 aromatic carbocycles. The zero-order valence-corrected chi connectivity index (χ0v) is 17.6. The molecular formula is C26H19NO3S. The van der Waals surface area contributed by atoms with Crippen LogP contribution in [-0.4, -0.2) is 17.7 Å². The first-order valence-electron chi connectivity index (χ1n) is 9.87. The largest absolute Gasteiger partial charge is 0.464 e. The van der Waals surface area contributed by atoms with E-state index in [1.165, 1.54) is 11.8 Å². The Kier molecular flexibility index (Phi) is 5.10. The topological polar surface area (TPSA) is 46.6 Å². The number of Topliss-reactive ketones (excluding diaryl/α,β-unsaturated/α-hetero) is 1. The first-order valence-corrected chi connectivity index (χ1v) is 10.7. The van der Waals surface area contributed by atoms with Gasteiger partial charge in [0.05, 0.1) is 28.0 Å². The Morgan fingerprint density at radius 3 is 1.90 bits per heavy atom. The molecule has 1 aliphatic rings. The number of rotatable bonds is 5. The highest BCUT2D eigenvalue weighted by Gasteiger charge is 2.34. The summed E-state index contributed by atoms with van der Waals surface area (Å²) in [7, 11) is 1.96. The molecule has 152 valence electrons. The predicted octanol–water partition coefficient (Wildman–Crippen LogP) is 6.63. The van der Waals surface area contributed by atoms with E-state index < -0.39 is 0 Å². The van der Waals surface area contributed by atoms with E-state index >= 15 is 0 Å². The van der Waals surface area contributed by atoms with Gasteiger partial charge in [-0.3, -0.25) is 4.79 Å². The molecular weight excluding hydrogens is 406 g/mol. The number of allylic oxidation sites excluding steroid dienone is 1. The Hall–Kier alpha value is -3.70. The van der Waals surface area contributed by atoms with E-state index in [1.54, 1.807) is 12.5 Å². The van der Waals surface area contributed by atoms with Crippen molar-refractivity contribution in [3.63, 3.8) is 0 Å². The molecule has 0 unspecified atom stereocenters. The zero-order valence-electron chi connectivity index (χ0n) is 16.8. The van der Waals surface area contributed by atoms with Crippen molar-refractivity contribution < 1.29 is 13.6 Å². The van der Waals surface area contributed by atoms with Crippen molar-refractivity contribution in [2.24, 2.45) is 0 Å². The van der Waals surface area contributed by atoms with Crippen LogP contribution in [0.25, 0.3) is 16.2 Å². The number of nitrogens with zero attached hydrogens (tertiary/aromatic N) is 1. The monoisotopic (exact) mass is 425 g/mol. The number of ketones is 1. The highest BCUT2D eigenvalue weighted by atomic mass is 32.2. The van der Waals surface area contributed by atoms with Gasteiger partial charge in [0.1, 0.15) is 11.5 Å². The predicted molar refractivity (Wildman–Crippen MR) is 124 cm³/mol. The van der Waals surface area contributed by atoms with Crippen LogP contribution in [0.4, 0.5) is 0 Å². The summed E-state index contributed by atoms with van der Waals surface area (Å²) in [6, 6.07) is 26.7. The van der Waals surface area contributed by atoms with E-state index in [0.717, 1.165) is 32.7 Å². The quantitative estimate of drug-likeness (QED) is 0.265. The molecule has 0 aliphatic carbocycles. The molecule has 5 rings (SSSR count). The van der Waals surface area contributed by atoms with Crippen molar-refractivity contribution >= 4 is 33.7 Å². The first kappa shape index (κ1) is 19.3. The lowest BCUT2D eigenvalue weighted by atomic mass is 9.97. The van der Waals surface area contributed by atoms with Crippen LogP contribution in [0.3, 0.4) is 0 Å². The fourth-order valence-corrected chi connectivity index (χ4v) is 4.93. The van der Waals surface area contributed by atoms with Gasteiger partial charge in [0.25, 0.3) is 0 Å². The molecule has 5 heteroatoms. The summed E-state index contributed by atoms with van der Waals surface area (Å²) in [5, 5.41) is 0.831. The minimum atomic E-state index is -0.0272. The number of carbonyl (C=O) groups is 1. The van der Waals surface area contributed by atoms with Gasteiger partial charge in [-0.1, -0.05) is 72.4 Å². The second-order valence-corrected chi connectivity index (χ2v) is 8.03. The van der Waals surface area contributed by atoms with Crippen LogP contribution in [0.5, 0.6) is 0 Å². The number of hydrogen-bond donors (Lipinski definition) is 0. The summed E-state index contributed by atoms with van der Waals surface area (Å²) < 4.78 is 11.5. The van der Waals surface area contributed by atoms with Gasteiger partial charge in [0.15, 0.2) is 11.5 Å². The maximum Gasteiger partial charge on any atom is 0.196 e. The van der Waals surface area contributed by atoms with Crippen LogP contribution < -0.4 is 0 Å². The van der Waals surface area contributed by atoms with Crippen LogP contribution in [-0.2, 0) is 0 Å². The normalized spacial score (nSPS) is 15.5. The summed E-state index contributed by atoms with van der Waals surface area (Å²) in [6.45, 7) is 0. The third-order valence-electron chi connectivity index (χ3n) is 5.09. The molecule has 3 heterocycles. The van der Waals surface area contributed by atoms with E-state index in [-0.39, 0.29) is 5.78 Å². The Labute approximate surface area is 184 Å². The fraction of sp³-hybridized carbons (Fsp3) is 0.0385. The smallest absolute Gasteiger partial charge is 0.196 e. The summed E-state index contributed by atoms with van der Waals surface area (Å²) >= 11 is 1.52. The average Bonchev–Trinajstić information content (AvgIpc) is 3.57. The summed E-state index contributed by atoms with van der Waals surface area (Å²) in [5.74, 6) is 1.43. The number of thioether (sulfide) groups is 1. The maximum atomic E-state index is 13.7. The number of benzene rings is 2. The second-order valence-electron chi connectivity index (χ2n) is 7.03. The second kappa shape index (κ2) is 8.20. The molecule has 4 aromatic rings. The number of hydrogen-bond acceptors (Lipinski definition) is 5. The van der Waals surface area contributed by atoms with E-state index in [2.05, 4.69) is 0 Å². The molecule has 0 saturated heterocycles. The Balaban J connectivity index is 1.71. The van der Waals surface area contributed by atoms with E-state index in [9.17, 15) is 4.79 Å². The first-order chi connectivity index (χ1) is 15.2. The molecule has 31 heavy (non-hydrogen) atoms. The van der Waals surface area contributed by atoms with Gasteiger partial charge in [-0.2, -0.15) is 0 Å². The molecule has 0 N–H and O–H groups in total. The number of furan rings is 2. The van der Waals surface area contributed by atoms with Gasteiger partial charge in [0.2, 0.25) is 0 Å². The van der Waals surface area contributed by atoms with Crippen molar-refractivity contribution in [1.29, 1.82) is 0 Å². The van der Waals surface area contributed by atoms with Gasteiger partial charge in [-0.25, -0.2) is 0 Å². The molecule has 2 aromatic heterocycles. The molecule has 0 fully saturated rings. The summed E-state index contributed by atoms with van der Waals surface area (Å²) in [6.07, 6.45) is 3.30. The highest BCUT2D eigenvalue weighted by molar-refractivity contribution is 8.12. The van der Waals surface area contributed by atoms with Gasteiger partial charge < -0.3 is 13.7 Å². The van der Waals surface area contributed by atoms with Crippen LogP contribution in [0.15, 0.2) is 111 Å². The van der Waals surface area contributed by atoms with Crippen LogP contribution >= 0.6 is 11.8 Å². The Morgan fingerprint density at radius 2 is 1.32 bits per heavy atom. The van der Waals surface area contributed by atoms with E-state index in [1.807, 2.05) is 96.9 Å². The van der Waals surface area contributed by atoms with Crippen molar-refractivity contribution in [3.8, 4) is 0 Å². The molecule has 0 atom stereocenters. The van der Waals surface area contributed by atoms with Gasteiger partial charge in [-0.05, 0) is 29.8 Å². The van der Waals surface area contributed by atoms with Gasteiger partial charge in [-0.15, -0.1) is 0 Å². The third kappa shape index (κ3) is 3.53. The molecule has 0 saturated carbocycles. The Bertz CT molecular complexity index is 1250. The minimum absolute atomic E-state index is 0.0272. The highest BCUT2D eigenvalue weighted by Crippen LogP contribution is 2.52. The van der Waals surface area contributed by atoms with Gasteiger partial charge in [0, 0.05) is 12.6 Å². The van der Waals surface area contributed by atoms with Crippen molar-refractivity contribution in [3.05, 3.63) is 125 Å². The lowest BCUT2D eigenvalue weighted by Gasteiger charge is -2.20. The van der Waals surface area contributed by atoms with Gasteiger partial charge >= 0.3 is 0 Å². The van der Waals surface area contributed by atoms with E-state index in [0.29, 0.717) is 11.1 Å². The van der Waals surface area contributed by atoms with Crippen molar-refractivity contribution in [2.75, 3.05) is 7.05 Å². The molecule has 0 spiro atoms. The summed E-state index contributed by atoms with van der Waals surface area (Å²) in [4.78, 5) is 16.6. The fourth-order valence-electron chi connectivity index (χ4n) is 3.64. The molecule has 0 radical (unpaired) electrons. The molecule has 1 aliphatic heterocycles. The standard InChI is InChI=1S/C26H19NO3S/c1-27-23(20-14-8-16-29-20)25(21-15-9-17-30-21)31-26(27)22(18-10-4-2-5-11-18)24(28)19-12-6-3-7-13-19/h2-17H,1H3/b26-22+. The van der Waals surface area contributed by atoms with Crippen molar-refractivity contribution in [2.45, 2.75) is 0 Å². The SMILES string of the molecule is CN1C(c2ccco2)=C(c2ccco2)S/C1=C(/C(=O)c1ccccc1)c1ccccc1. The van der Waals surface area contributed by atoms with Crippen LogP contribution in [0.1, 0.15) is 27.4 Å². The van der Waals surface area contributed by atoms with Crippen LogP contribution in [0, 0.1) is 0 Å².